The highest BCUT2D eigenvalue weighted by atomic mass is 127. The van der Waals surface area contributed by atoms with Crippen molar-refractivity contribution in [2.75, 3.05) is 0 Å². The second-order valence-electron chi connectivity index (χ2n) is 3.38. The number of carboxylic acids is 1. The summed E-state index contributed by atoms with van der Waals surface area (Å²) in [7, 11) is 0. The highest BCUT2D eigenvalue weighted by Crippen LogP contribution is 2.24. The number of hydrogen-bond acceptors (Lipinski definition) is 2. The van der Waals surface area contributed by atoms with Crippen LogP contribution in [0.1, 0.15) is 5.76 Å². The lowest BCUT2D eigenvalue weighted by Crippen LogP contribution is -1.84. The normalized spacial score (nSPS) is 10.9. The highest BCUT2D eigenvalue weighted by Gasteiger charge is 2.03. The molecule has 0 unspecified atom stereocenters. The third-order valence-electron chi connectivity index (χ3n) is 2.13. The van der Waals surface area contributed by atoms with Gasteiger partial charge in [-0.15, -0.1) is 0 Å². The number of carboxylic acid groups (broad SMARTS) is 1. The van der Waals surface area contributed by atoms with Gasteiger partial charge in [0.2, 0.25) is 0 Å². The van der Waals surface area contributed by atoms with Crippen molar-refractivity contribution in [3.8, 4) is 11.3 Å². The van der Waals surface area contributed by atoms with Crippen LogP contribution in [-0.2, 0) is 4.79 Å². The van der Waals surface area contributed by atoms with Crippen LogP contribution in [0.25, 0.3) is 17.4 Å². The average molecular weight is 340 g/mol. The molecule has 1 N–H and O–H groups in total. The molecule has 0 saturated carbocycles. The molecular formula is C13H9IO3. The molecule has 0 atom stereocenters. The Bertz CT molecular complexity index is 570. The fraction of sp³-hybridized carbons (Fsp3) is 0. The molecule has 3 nitrogen and oxygen atoms in total. The van der Waals surface area contributed by atoms with E-state index < -0.39 is 5.97 Å². The minimum Gasteiger partial charge on any atom is -0.478 e. The molecule has 0 spiro atoms. The van der Waals surface area contributed by atoms with E-state index in [9.17, 15) is 4.79 Å². The quantitative estimate of drug-likeness (QED) is 0.685. The third kappa shape index (κ3) is 3.20. The molecule has 0 amide bonds. The Morgan fingerprint density at radius 2 is 2.12 bits per heavy atom. The fourth-order valence-corrected chi connectivity index (χ4v) is 1.94. The van der Waals surface area contributed by atoms with Gasteiger partial charge in [-0.05, 0) is 52.9 Å². The first-order chi connectivity index (χ1) is 8.15. The average Bonchev–Trinajstić information content (AvgIpc) is 2.75. The molecule has 86 valence electrons. The summed E-state index contributed by atoms with van der Waals surface area (Å²) in [4.78, 5) is 10.4. The zero-order valence-electron chi connectivity index (χ0n) is 8.76. The van der Waals surface area contributed by atoms with Gasteiger partial charge in [0, 0.05) is 15.2 Å². The van der Waals surface area contributed by atoms with Crippen LogP contribution >= 0.6 is 22.6 Å². The maximum absolute atomic E-state index is 10.4. The molecule has 2 aromatic rings. The topological polar surface area (TPSA) is 50.4 Å². The number of furan rings is 1. The maximum Gasteiger partial charge on any atom is 0.328 e. The first-order valence-corrected chi connectivity index (χ1v) is 6.00. The molecule has 0 aliphatic rings. The standard InChI is InChI=1S/C13H9IO3/c14-10-3-1-2-9(8-10)12-6-4-11(17-12)5-7-13(15)16/h1-8H,(H,15,16). The summed E-state index contributed by atoms with van der Waals surface area (Å²) >= 11 is 2.23. The number of carbonyl (C=O) groups is 1. The molecule has 0 aliphatic carbocycles. The number of hydrogen-bond donors (Lipinski definition) is 1. The van der Waals surface area contributed by atoms with Crippen LogP contribution in [0.15, 0.2) is 46.9 Å². The van der Waals surface area contributed by atoms with Gasteiger partial charge in [0.25, 0.3) is 0 Å². The molecule has 0 bridgehead atoms. The van der Waals surface area contributed by atoms with Crippen molar-refractivity contribution in [1.82, 2.24) is 0 Å². The van der Waals surface area contributed by atoms with Gasteiger partial charge in [0.15, 0.2) is 0 Å². The van der Waals surface area contributed by atoms with Crippen molar-refractivity contribution in [3.63, 3.8) is 0 Å². The molecular weight excluding hydrogens is 331 g/mol. The minimum atomic E-state index is -0.989. The lowest BCUT2D eigenvalue weighted by Gasteiger charge is -1.96. The first-order valence-electron chi connectivity index (χ1n) is 4.92. The Kier molecular flexibility index (Phi) is 3.63. The van der Waals surface area contributed by atoms with Crippen LogP contribution in [0, 0.1) is 3.57 Å². The number of rotatable bonds is 3. The van der Waals surface area contributed by atoms with Crippen molar-refractivity contribution >= 4 is 34.6 Å². The smallest absolute Gasteiger partial charge is 0.328 e. The van der Waals surface area contributed by atoms with E-state index in [1.807, 2.05) is 30.3 Å². The molecule has 4 heteroatoms. The largest absolute Gasteiger partial charge is 0.478 e. The van der Waals surface area contributed by atoms with Gasteiger partial charge in [-0.1, -0.05) is 12.1 Å². The summed E-state index contributed by atoms with van der Waals surface area (Å²) in [6, 6.07) is 11.5. The molecule has 0 fully saturated rings. The van der Waals surface area contributed by atoms with Gasteiger partial charge < -0.3 is 9.52 Å². The Balaban J connectivity index is 2.27. The molecule has 1 aromatic carbocycles. The van der Waals surface area contributed by atoms with E-state index in [1.54, 1.807) is 6.07 Å². The monoisotopic (exact) mass is 340 g/mol. The predicted octanol–water partition coefficient (Wildman–Crippen LogP) is 3.65. The summed E-state index contributed by atoms with van der Waals surface area (Å²) in [6.07, 6.45) is 2.48. The third-order valence-corrected chi connectivity index (χ3v) is 2.80. The number of aliphatic carboxylic acids is 1. The van der Waals surface area contributed by atoms with Crippen LogP contribution in [0.3, 0.4) is 0 Å². The maximum atomic E-state index is 10.4. The lowest BCUT2D eigenvalue weighted by atomic mass is 10.2. The molecule has 1 heterocycles. The van der Waals surface area contributed by atoms with Crippen LogP contribution in [0.4, 0.5) is 0 Å². The first kappa shape index (κ1) is 11.9. The molecule has 0 saturated heterocycles. The number of benzene rings is 1. The van der Waals surface area contributed by atoms with Crippen molar-refractivity contribution in [1.29, 1.82) is 0 Å². The van der Waals surface area contributed by atoms with Gasteiger partial charge in [-0.3, -0.25) is 0 Å². The lowest BCUT2D eigenvalue weighted by molar-refractivity contribution is -0.131. The van der Waals surface area contributed by atoms with Crippen LogP contribution in [0.5, 0.6) is 0 Å². The van der Waals surface area contributed by atoms with Crippen LogP contribution < -0.4 is 0 Å². The summed E-state index contributed by atoms with van der Waals surface area (Å²) in [5.41, 5.74) is 0.979. The number of halogens is 1. The Labute approximate surface area is 112 Å². The second-order valence-corrected chi connectivity index (χ2v) is 4.63. The van der Waals surface area contributed by atoms with E-state index in [1.165, 1.54) is 6.08 Å². The predicted molar refractivity (Wildman–Crippen MR) is 73.5 cm³/mol. The van der Waals surface area contributed by atoms with E-state index in [0.29, 0.717) is 5.76 Å². The van der Waals surface area contributed by atoms with Crippen molar-refractivity contribution in [2.45, 2.75) is 0 Å². The zero-order chi connectivity index (χ0) is 12.3. The molecule has 0 radical (unpaired) electrons. The van der Waals surface area contributed by atoms with Crippen molar-refractivity contribution < 1.29 is 14.3 Å². The summed E-state index contributed by atoms with van der Waals surface area (Å²) in [5.74, 6) is 0.270. The van der Waals surface area contributed by atoms with Gasteiger partial charge in [-0.2, -0.15) is 0 Å². The molecule has 17 heavy (non-hydrogen) atoms. The van der Waals surface area contributed by atoms with E-state index in [2.05, 4.69) is 22.6 Å². The van der Waals surface area contributed by atoms with E-state index in [-0.39, 0.29) is 0 Å². The fourth-order valence-electron chi connectivity index (χ4n) is 1.39. The van der Waals surface area contributed by atoms with E-state index in [4.69, 9.17) is 9.52 Å². The van der Waals surface area contributed by atoms with Gasteiger partial charge >= 0.3 is 5.97 Å². The van der Waals surface area contributed by atoms with Crippen LogP contribution in [-0.4, -0.2) is 11.1 Å². The second kappa shape index (κ2) is 5.18. The van der Waals surface area contributed by atoms with Gasteiger partial charge in [0.1, 0.15) is 11.5 Å². The van der Waals surface area contributed by atoms with Crippen molar-refractivity contribution in [3.05, 3.63) is 51.8 Å². The Morgan fingerprint density at radius 1 is 1.29 bits per heavy atom. The van der Waals surface area contributed by atoms with Gasteiger partial charge in [-0.25, -0.2) is 4.79 Å². The molecule has 2 rings (SSSR count). The Hall–Kier alpha value is -1.56. The van der Waals surface area contributed by atoms with Gasteiger partial charge in [0.05, 0.1) is 0 Å². The highest BCUT2D eigenvalue weighted by molar-refractivity contribution is 14.1. The van der Waals surface area contributed by atoms with E-state index in [0.717, 1.165) is 21.0 Å². The zero-order valence-corrected chi connectivity index (χ0v) is 10.9. The Morgan fingerprint density at radius 3 is 2.82 bits per heavy atom. The molecule has 1 aromatic heterocycles. The minimum absolute atomic E-state index is 0.529. The summed E-state index contributed by atoms with van der Waals surface area (Å²) in [5, 5.41) is 8.51. The SMILES string of the molecule is O=C(O)C=Cc1ccc(-c2cccc(I)c2)o1. The summed E-state index contributed by atoms with van der Waals surface area (Å²) < 4.78 is 6.65. The molecule has 0 aliphatic heterocycles. The van der Waals surface area contributed by atoms with Crippen LogP contribution in [0.2, 0.25) is 0 Å². The van der Waals surface area contributed by atoms with Crippen molar-refractivity contribution in [2.24, 2.45) is 0 Å². The summed E-state index contributed by atoms with van der Waals surface area (Å²) in [6.45, 7) is 0. The van der Waals surface area contributed by atoms with E-state index >= 15 is 0 Å².